The van der Waals surface area contributed by atoms with Crippen molar-refractivity contribution >= 4 is 31.5 Å². The fraction of sp³-hybridized carbons (Fsp3) is 0.105. The van der Waals surface area contributed by atoms with Gasteiger partial charge in [0.2, 0.25) is 5.69 Å². The van der Waals surface area contributed by atoms with Crippen LogP contribution in [0, 0.1) is 6.92 Å². The van der Waals surface area contributed by atoms with Gasteiger partial charge >= 0.3 is 0 Å². The average molecular weight is 290 g/mol. The third kappa shape index (κ3) is 1.87. The second kappa shape index (κ2) is 4.68. The fourth-order valence-corrected chi connectivity index (χ4v) is 4.21. The molecule has 0 aliphatic heterocycles. The number of fused-ring (bicyclic) bond motifs is 3. The molecule has 0 saturated heterocycles. The maximum atomic E-state index is 2.27. The molecule has 0 unspecified atom stereocenters. The molecule has 0 aliphatic carbocycles. The summed E-state index contributed by atoms with van der Waals surface area (Å²) in [5.41, 5.74) is 3.95. The van der Waals surface area contributed by atoms with Crippen LogP contribution in [0.3, 0.4) is 0 Å². The van der Waals surface area contributed by atoms with Crippen LogP contribution in [0.1, 0.15) is 5.56 Å². The molecule has 2 aromatic carbocycles. The van der Waals surface area contributed by atoms with E-state index in [2.05, 4.69) is 79.3 Å². The second-order valence-electron chi connectivity index (χ2n) is 5.41. The highest BCUT2D eigenvalue weighted by molar-refractivity contribution is 7.26. The molecule has 0 saturated carbocycles. The maximum Gasteiger partial charge on any atom is 0.212 e. The van der Waals surface area contributed by atoms with E-state index < -0.39 is 0 Å². The molecule has 0 aliphatic rings. The predicted octanol–water partition coefficient (Wildman–Crippen LogP) is 4.85. The van der Waals surface area contributed by atoms with Crippen LogP contribution in [0.4, 0.5) is 0 Å². The molecule has 2 aromatic heterocycles. The van der Waals surface area contributed by atoms with Crippen molar-refractivity contribution in [3.8, 4) is 11.3 Å². The lowest BCUT2D eigenvalue weighted by molar-refractivity contribution is -0.660. The summed E-state index contributed by atoms with van der Waals surface area (Å²) in [5.74, 6) is 0. The summed E-state index contributed by atoms with van der Waals surface area (Å²) in [7, 11) is 2.10. The third-order valence-electron chi connectivity index (χ3n) is 4.13. The first-order valence-corrected chi connectivity index (χ1v) is 7.93. The Balaban J connectivity index is 2.07. The molecule has 2 heteroatoms. The van der Waals surface area contributed by atoms with Crippen molar-refractivity contribution in [3.63, 3.8) is 0 Å². The number of thiophene rings is 1. The van der Waals surface area contributed by atoms with E-state index in [0.717, 1.165) is 0 Å². The predicted molar refractivity (Wildman–Crippen MR) is 90.7 cm³/mol. The van der Waals surface area contributed by atoms with Gasteiger partial charge < -0.3 is 0 Å². The molecular weight excluding hydrogens is 274 g/mol. The first-order chi connectivity index (χ1) is 10.3. The van der Waals surface area contributed by atoms with Crippen molar-refractivity contribution in [2.75, 3.05) is 0 Å². The number of hydrogen-bond acceptors (Lipinski definition) is 1. The zero-order chi connectivity index (χ0) is 14.4. The summed E-state index contributed by atoms with van der Waals surface area (Å²) in [4.78, 5) is 0. The van der Waals surface area contributed by atoms with Crippen LogP contribution in [0.5, 0.6) is 0 Å². The minimum atomic E-state index is 1.26. The number of aryl methyl sites for hydroxylation is 2. The fourth-order valence-electron chi connectivity index (χ4n) is 3.00. The van der Waals surface area contributed by atoms with E-state index in [-0.39, 0.29) is 0 Å². The smallest absolute Gasteiger partial charge is 0.201 e. The highest BCUT2D eigenvalue weighted by atomic mass is 32.1. The Morgan fingerprint density at radius 2 is 1.67 bits per heavy atom. The van der Waals surface area contributed by atoms with Gasteiger partial charge in [-0.1, -0.05) is 24.3 Å². The lowest BCUT2D eigenvalue weighted by Gasteiger charge is -2.05. The summed E-state index contributed by atoms with van der Waals surface area (Å²) in [5, 5.41) is 2.74. The van der Waals surface area contributed by atoms with Crippen LogP contribution in [0.15, 0.2) is 60.8 Å². The lowest BCUT2D eigenvalue weighted by atomic mass is 10.0. The lowest BCUT2D eigenvalue weighted by Crippen LogP contribution is -2.30. The van der Waals surface area contributed by atoms with Gasteiger partial charge in [0.15, 0.2) is 6.20 Å². The SMILES string of the molecule is Cc1c(-c2cccc[n+]2C)ccc2c1sc1ccccc12. The Bertz CT molecular complexity index is 966. The molecule has 4 rings (SSSR count). The van der Waals surface area contributed by atoms with Gasteiger partial charge in [0.05, 0.1) is 5.56 Å². The van der Waals surface area contributed by atoms with E-state index in [4.69, 9.17) is 0 Å². The minimum absolute atomic E-state index is 1.26. The Kier molecular flexibility index (Phi) is 2.79. The molecule has 0 amide bonds. The molecule has 21 heavy (non-hydrogen) atoms. The molecule has 0 N–H and O–H groups in total. The molecule has 4 aromatic rings. The minimum Gasteiger partial charge on any atom is -0.201 e. The van der Waals surface area contributed by atoms with E-state index in [1.165, 1.54) is 37.0 Å². The molecule has 0 bridgehead atoms. The van der Waals surface area contributed by atoms with Gasteiger partial charge in [0.1, 0.15) is 7.05 Å². The summed E-state index contributed by atoms with van der Waals surface area (Å²) < 4.78 is 4.95. The normalized spacial score (nSPS) is 11.3. The van der Waals surface area contributed by atoms with Crippen LogP contribution in [0.2, 0.25) is 0 Å². The number of benzene rings is 2. The van der Waals surface area contributed by atoms with Crippen LogP contribution in [-0.2, 0) is 7.05 Å². The van der Waals surface area contributed by atoms with Crippen molar-refractivity contribution < 1.29 is 4.57 Å². The summed E-state index contributed by atoms with van der Waals surface area (Å²) in [6.45, 7) is 2.24. The van der Waals surface area contributed by atoms with E-state index in [1.807, 2.05) is 11.3 Å². The quantitative estimate of drug-likeness (QED) is 0.441. The van der Waals surface area contributed by atoms with Crippen molar-refractivity contribution in [1.82, 2.24) is 0 Å². The number of aromatic nitrogens is 1. The zero-order valence-corrected chi connectivity index (χ0v) is 12.9. The van der Waals surface area contributed by atoms with Gasteiger partial charge in [0, 0.05) is 32.3 Å². The van der Waals surface area contributed by atoms with Crippen molar-refractivity contribution in [2.24, 2.45) is 7.05 Å². The van der Waals surface area contributed by atoms with E-state index in [9.17, 15) is 0 Å². The third-order valence-corrected chi connectivity index (χ3v) is 5.43. The Morgan fingerprint density at radius 1 is 0.857 bits per heavy atom. The number of rotatable bonds is 1. The molecule has 102 valence electrons. The topological polar surface area (TPSA) is 3.88 Å². The summed E-state index contributed by atoms with van der Waals surface area (Å²) >= 11 is 1.89. The molecule has 0 atom stereocenters. The summed E-state index contributed by atoms with van der Waals surface area (Å²) in [6.07, 6.45) is 2.10. The zero-order valence-electron chi connectivity index (χ0n) is 12.1. The highest BCUT2D eigenvalue weighted by Gasteiger charge is 2.15. The maximum absolute atomic E-state index is 2.27. The van der Waals surface area contributed by atoms with Crippen molar-refractivity contribution in [3.05, 3.63) is 66.4 Å². The van der Waals surface area contributed by atoms with Gasteiger partial charge in [-0.25, -0.2) is 4.57 Å². The van der Waals surface area contributed by atoms with Crippen molar-refractivity contribution in [1.29, 1.82) is 0 Å². The molecule has 0 fully saturated rings. The second-order valence-corrected chi connectivity index (χ2v) is 6.46. The first-order valence-electron chi connectivity index (χ1n) is 7.11. The Hall–Kier alpha value is -2.19. The summed E-state index contributed by atoms with van der Waals surface area (Å²) in [6, 6.07) is 19.5. The highest BCUT2D eigenvalue weighted by Crippen LogP contribution is 2.38. The standard InChI is InChI=1S/C19H16NS/c1-13-14(17-8-5-6-12-20(17)2)10-11-16-15-7-3-4-9-18(15)21-19(13)16/h3-12H,1-2H3/q+1. The van der Waals surface area contributed by atoms with Gasteiger partial charge in [-0.2, -0.15) is 0 Å². The van der Waals surface area contributed by atoms with Crippen LogP contribution in [0.25, 0.3) is 31.4 Å². The van der Waals surface area contributed by atoms with E-state index in [1.54, 1.807) is 0 Å². The van der Waals surface area contributed by atoms with Gasteiger partial charge in [0.25, 0.3) is 0 Å². The van der Waals surface area contributed by atoms with Gasteiger partial charge in [-0.3, -0.25) is 0 Å². The van der Waals surface area contributed by atoms with E-state index >= 15 is 0 Å². The molecule has 1 nitrogen and oxygen atoms in total. The number of hydrogen-bond donors (Lipinski definition) is 0. The Morgan fingerprint density at radius 3 is 2.52 bits per heavy atom. The van der Waals surface area contributed by atoms with Crippen molar-refractivity contribution in [2.45, 2.75) is 6.92 Å². The average Bonchev–Trinajstić information content (AvgIpc) is 2.89. The monoisotopic (exact) mass is 290 g/mol. The number of nitrogens with zero attached hydrogens (tertiary/aromatic N) is 1. The molecule has 2 heterocycles. The Labute approximate surface area is 128 Å². The van der Waals surface area contributed by atoms with Crippen LogP contribution < -0.4 is 4.57 Å². The molecule has 0 spiro atoms. The number of pyridine rings is 1. The van der Waals surface area contributed by atoms with Gasteiger partial charge in [-0.15, -0.1) is 11.3 Å². The molecular formula is C19H16NS+. The largest absolute Gasteiger partial charge is 0.212 e. The van der Waals surface area contributed by atoms with E-state index in [0.29, 0.717) is 0 Å². The first kappa shape index (κ1) is 12.5. The van der Waals surface area contributed by atoms with Crippen LogP contribution in [-0.4, -0.2) is 0 Å². The van der Waals surface area contributed by atoms with Crippen LogP contribution >= 0.6 is 11.3 Å². The van der Waals surface area contributed by atoms with Gasteiger partial charge in [-0.05, 0) is 30.7 Å². The molecule has 0 radical (unpaired) electrons.